The third-order valence-electron chi connectivity index (χ3n) is 1.24. The summed E-state index contributed by atoms with van der Waals surface area (Å²) in [4.78, 5) is 14.9. The Kier molecular flexibility index (Phi) is 1.16. The van der Waals surface area contributed by atoms with Crippen molar-refractivity contribution in [2.75, 3.05) is 0 Å². The van der Waals surface area contributed by atoms with Crippen LogP contribution in [0.25, 0.3) is 10.3 Å². The minimum absolute atomic E-state index is 0.567. The van der Waals surface area contributed by atoms with Gasteiger partial charge in [-0.3, -0.25) is 0 Å². The van der Waals surface area contributed by atoms with Gasteiger partial charge in [0.05, 0.1) is 11.7 Å². The second kappa shape index (κ2) is 2.03. The van der Waals surface area contributed by atoms with Crippen LogP contribution in [0.1, 0.15) is 0 Å². The highest BCUT2D eigenvalue weighted by molar-refractivity contribution is 7.16. The normalized spacial score (nSPS) is 10.5. The number of nitrogens with zero attached hydrogens (tertiary/aromatic N) is 3. The predicted octanol–water partition coefficient (Wildman–Crippen LogP) is 1.02. The van der Waals surface area contributed by atoms with Crippen LogP contribution < -0.4 is 0 Å². The van der Waals surface area contributed by atoms with E-state index in [1.165, 1.54) is 17.5 Å². The van der Waals surface area contributed by atoms with E-state index in [1.807, 2.05) is 0 Å². The van der Waals surface area contributed by atoms with Crippen LogP contribution in [0.5, 0.6) is 0 Å². The summed E-state index contributed by atoms with van der Waals surface area (Å²) < 4.78 is 0.910. The van der Waals surface area contributed by atoms with E-state index in [2.05, 4.69) is 10.1 Å². The topological polar surface area (TPSA) is 68.0 Å². The van der Waals surface area contributed by atoms with Crippen molar-refractivity contribution >= 4 is 27.8 Å². The van der Waals surface area contributed by atoms with Crippen LogP contribution >= 0.6 is 11.3 Å². The zero-order valence-corrected chi connectivity index (χ0v) is 6.08. The number of carbonyl (C=O) groups is 1. The summed E-state index contributed by atoms with van der Waals surface area (Å²) in [5, 5.41) is 12.2. The van der Waals surface area contributed by atoms with Crippen molar-refractivity contribution in [3.05, 3.63) is 11.7 Å². The van der Waals surface area contributed by atoms with Gasteiger partial charge in [-0.05, 0) is 0 Å². The molecule has 0 saturated heterocycles. The Hall–Kier alpha value is -1.43. The fraction of sp³-hybridized carbons (Fsp3) is 0. The number of aromatic nitrogens is 3. The lowest BCUT2D eigenvalue weighted by Crippen LogP contribution is -2.07. The van der Waals surface area contributed by atoms with E-state index in [4.69, 9.17) is 5.11 Å². The molecule has 0 aromatic carbocycles. The summed E-state index contributed by atoms with van der Waals surface area (Å²) in [5.41, 5.74) is 2.21. The number of rotatable bonds is 0. The lowest BCUT2D eigenvalue weighted by molar-refractivity contribution is 0.194. The summed E-state index contributed by atoms with van der Waals surface area (Å²) in [5.74, 6) is 0. The second-order valence-electron chi connectivity index (χ2n) is 1.88. The maximum atomic E-state index is 10.5. The first-order valence-corrected chi connectivity index (χ1v) is 3.67. The minimum Gasteiger partial charge on any atom is -0.463 e. The molecule has 2 heterocycles. The highest BCUT2D eigenvalue weighted by atomic mass is 32.1. The quantitative estimate of drug-likeness (QED) is 0.639. The summed E-state index contributed by atoms with van der Waals surface area (Å²) in [6.45, 7) is 0. The highest BCUT2D eigenvalue weighted by Gasteiger charge is 2.09. The third-order valence-corrected chi connectivity index (χ3v) is 2.06. The van der Waals surface area contributed by atoms with E-state index in [9.17, 15) is 4.79 Å². The molecule has 5 nitrogen and oxygen atoms in total. The third kappa shape index (κ3) is 0.795. The molecule has 56 valence electrons. The minimum atomic E-state index is -1.08. The monoisotopic (exact) mass is 169 g/mol. The Morgan fingerprint density at radius 2 is 2.55 bits per heavy atom. The van der Waals surface area contributed by atoms with Gasteiger partial charge >= 0.3 is 6.09 Å². The molecule has 1 N–H and O–H groups in total. The molecule has 0 atom stereocenters. The van der Waals surface area contributed by atoms with Gasteiger partial charge in [-0.15, -0.1) is 11.3 Å². The number of thiazole rings is 1. The Bertz CT molecular complexity index is 404. The van der Waals surface area contributed by atoms with Crippen molar-refractivity contribution in [2.45, 2.75) is 0 Å². The lowest BCUT2D eigenvalue weighted by Gasteiger charge is -1.88. The molecule has 0 amide bonds. The summed E-state index contributed by atoms with van der Waals surface area (Å²) in [6.07, 6.45) is 0.351. The SMILES string of the molecule is O=C(O)n1ncc2ncsc21. The van der Waals surface area contributed by atoms with E-state index in [-0.39, 0.29) is 0 Å². The predicted molar refractivity (Wildman–Crippen MR) is 38.8 cm³/mol. The molecular weight excluding hydrogens is 166 g/mol. The van der Waals surface area contributed by atoms with Gasteiger partial charge in [-0.1, -0.05) is 0 Å². The van der Waals surface area contributed by atoms with E-state index >= 15 is 0 Å². The first-order chi connectivity index (χ1) is 5.29. The van der Waals surface area contributed by atoms with Crippen molar-refractivity contribution in [1.29, 1.82) is 0 Å². The standard InChI is InChI=1S/C5H3N3O2S/c9-5(10)8-4-3(1-7-8)6-2-11-4/h1-2H,(H,9,10). The summed E-state index contributed by atoms with van der Waals surface area (Å²) in [6, 6.07) is 0. The molecule has 0 unspecified atom stereocenters. The number of hydrogen-bond acceptors (Lipinski definition) is 4. The van der Waals surface area contributed by atoms with Gasteiger partial charge in [0.1, 0.15) is 5.52 Å². The Balaban J connectivity index is 2.78. The van der Waals surface area contributed by atoms with Crippen LogP contribution in [0.4, 0.5) is 4.79 Å². The van der Waals surface area contributed by atoms with Crippen molar-refractivity contribution in [1.82, 2.24) is 14.8 Å². The first kappa shape index (κ1) is 6.29. The molecule has 11 heavy (non-hydrogen) atoms. The van der Waals surface area contributed by atoms with Crippen LogP contribution in [0.2, 0.25) is 0 Å². The first-order valence-electron chi connectivity index (χ1n) is 2.79. The van der Waals surface area contributed by atoms with Crippen LogP contribution in [0.3, 0.4) is 0 Å². The fourth-order valence-corrected chi connectivity index (χ4v) is 1.51. The van der Waals surface area contributed by atoms with E-state index in [1.54, 1.807) is 5.51 Å². The summed E-state index contributed by atoms with van der Waals surface area (Å²) in [7, 11) is 0. The summed E-state index contributed by atoms with van der Waals surface area (Å²) >= 11 is 1.26. The molecule has 0 aliphatic carbocycles. The van der Waals surface area contributed by atoms with Crippen molar-refractivity contribution < 1.29 is 9.90 Å². The van der Waals surface area contributed by atoms with Gasteiger partial charge in [-0.2, -0.15) is 9.78 Å². The van der Waals surface area contributed by atoms with Crippen LogP contribution in [0.15, 0.2) is 11.7 Å². The largest absolute Gasteiger partial charge is 0.463 e. The Morgan fingerprint density at radius 1 is 1.73 bits per heavy atom. The highest BCUT2D eigenvalue weighted by Crippen LogP contribution is 2.15. The van der Waals surface area contributed by atoms with Gasteiger partial charge in [-0.25, -0.2) is 9.78 Å². The van der Waals surface area contributed by atoms with Crippen molar-refractivity contribution in [3.8, 4) is 0 Å². The van der Waals surface area contributed by atoms with Gasteiger partial charge in [0.15, 0.2) is 4.83 Å². The van der Waals surface area contributed by atoms with Gasteiger partial charge in [0, 0.05) is 0 Å². The molecular formula is C5H3N3O2S. The van der Waals surface area contributed by atoms with Gasteiger partial charge in [0.25, 0.3) is 0 Å². The average molecular weight is 169 g/mol. The Morgan fingerprint density at radius 3 is 3.27 bits per heavy atom. The van der Waals surface area contributed by atoms with E-state index in [0.717, 1.165) is 4.68 Å². The average Bonchev–Trinajstić information content (AvgIpc) is 2.41. The zero-order chi connectivity index (χ0) is 7.84. The maximum absolute atomic E-state index is 10.5. The van der Waals surface area contributed by atoms with Crippen LogP contribution in [-0.4, -0.2) is 26.0 Å². The maximum Gasteiger partial charge on any atom is 0.433 e. The second-order valence-corrected chi connectivity index (χ2v) is 2.71. The smallest absolute Gasteiger partial charge is 0.433 e. The molecule has 2 aromatic rings. The van der Waals surface area contributed by atoms with Gasteiger partial charge in [0.2, 0.25) is 0 Å². The molecule has 6 heteroatoms. The van der Waals surface area contributed by atoms with Crippen molar-refractivity contribution in [2.24, 2.45) is 0 Å². The van der Waals surface area contributed by atoms with E-state index < -0.39 is 6.09 Å². The molecule has 2 aromatic heterocycles. The molecule has 0 radical (unpaired) electrons. The molecule has 0 fully saturated rings. The number of fused-ring (bicyclic) bond motifs is 1. The Labute approximate surface area is 64.9 Å². The molecule has 0 saturated carbocycles. The zero-order valence-electron chi connectivity index (χ0n) is 5.26. The number of carboxylic acid groups (broad SMARTS) is 1. The van der Waals surface area contributed by atoms with Crippen LogP contribution in [-0.2, 0) is 0 Å². The number of hydrogen-bond donors (Lipinski definition) is 1. The molecule has 0 spiro atoms. The molecule has 0 aliphatic rings. The van der Waals surface area contributed by atoms with Gasteiger partial charge < -0.3 is 5.11 Å². The molecule has 0 bridgehead atoms. The van der Waals surface area contributed by atoms with Crippen molar-refractivity contribution in [3.63, 3.8) is 0 Å². The fourth-order valence-electron chi connectivity index (χ4n) is 0.797. The van der Waals surface area contributed by atoms with Crippen LogP contribution in [0, 0.1) is 0 Å². The van der Waals surface area contributed by atoms with E-state index in [0.29, 0.717) is 10.3 Å². The lowest BCUT2D eigenvalue weighted by atomic mass is 10.6. The molecule has 0 aliphatic heterocycles. The molecule has 2 rings (SSSR count).